The monoisotopic (exact) mass is 461 g/mol. The van der Waals surface area contributed by atoms with Crippen LogP contribution >= 0.6 is 11.9 Å². The number of hydrogen-bond acceptors (Lipinski definition) is 11. The molecule has 10 nitrogen and oxygen atoms in total. The van der Waals surface area contributed by atoms with Gasteiger partial charge in [0.25, 0.3) is 10.4 Å². The van der Waals surface area contributed by atoms with Gasteiger partial charge >= 0.3 is 51.4 Å². The van der Waals surface area contributed by atoms with Crippen LogP contribution in [0.5, 0.6) is 0 Å². The molecule has 0 aromatic heterocycles. The molecule has 1 heterocycles. The Morgan fingerprint density at radius 2 is 1.82 bits per heavy atom. The molecule has 13 heteroatoms. The van der Waals surface area contributed by atoms with Gasteiger partial charge in [0, 0.05) is 18.4 Å². The molecule has 0 unspecified atom stereocenters. The van der Waals surface area contributed by atoms with E-state index in [9.17, 15) is 28.3 Å². The van der Waals surface area contributed by atoms with Crippen molar-refractivity contribution in [2.75, 3.05) is 6.61 Å². The predicted octanol–water partition coefficient (Wildman–Crippen LogP) is -4.05. The van der Waals surface area contributed by atoms with Crippen LogP contribution in [0, 0.1) is 0 Å². The summed E-state index contributed by atoms with van der Waals surface area (Å²) in [7, 11) is -5.06. The summed E-state index contributed by atoms with van der Waals surface area (Å²) in [6, 6.07) is 8.99. The third-order valence-corrected chi connectivity index (χ3v) is 5.08. The number of aliphatic hydroxyl groups is 4. The van der Waals surface area contributed by atoms with Crippen molar-refractivity contribution >= 4 is 28.2 Å². The zero-order valence-electron chi connectivity index (χ0n) is 15.0. The fourth-order valence-corrected chi connectivity index (χ4v) is 3.61. The Bertz CT molecular complexity index is 732. The van der Waals surface area contributed by atoms with Crippen molar-refractivity contribution in [3.8, 4) is 0 Å². The van der Waals surface area contributed by atoms with E-state index < -0.39 is 52.8 Å². The molecule has 0 aliphatic carbocycles. The molecular formula is C15H20KNO9S2. The normalized spacial score (nSPS) is 28.5. The van der Waals surface area contributed by atoms with Crippen LogP contribution in [0.3, 0.4) is 0 Å². The predicted molar refractivity (Wildman–Crippen MR) is 94.3 cm³/mol. The van der Waals surface area contributed by atoms with E-state index in [-0.39, 0.29) is 57.8 Å². The Morgan fingerprint density at radius 3 is 2.39 bits per heavy atom. The molecule has 0 spiro atoms. The first kappa shape index (κ1) is 26.4. The van der Waals surface area contributed by atoms with Gasteiger partial charge in [-0.15, -0.1) is 0 Å². The number of ether oxygens (including phenoxy) is 1. The third-order valence-electron chi connectivity index (χ3n) is 3.78. The summed E-state index contributed by atoms with van der Waals surface area (Å²) in [5.41, 5.74) is -0.361. The third kappa shape index (κ3) is 8.26. The quantitative estimate of drug-likeness (QED) is 0.0783. The van der Waals surface area contributed by atoms with Gasteiger partial charge in [0.15, 0.2) is 5.44 Å². The van der Waals surface area contributed by atoms with Gasteiger partial charge in [-0.3, -0.25) is 0 Å². The van der Waals surface area contributed by atoms with Gasteiger partial charge in [-0.1, -0.05) is 30.3 Å². The fraction of sp³-hybridized carbons (Fsp3) is 0.533. The Labute approximate surface area is 209 Å². The molecule has 4 N–H and O–H groups in total. The summed E-state index contributed by atoms with van der Waals surface area (Å²) in [6.07, 6.45) is -5.49. The molecule has 0 radical (unpaired) electrons. The van der Waals surface area contributed by atoms with Gasteiger partial charge in [0.05, 0.1) is 6.61 Å². The zero-order valence-corrected chi connectivity index (χ0v) is 19.7. The molecule has 0 saturated carbocycles. The fourth-order valence-electron chi connectivity index (χ4n) is 2.38. The van der Waals surface area contributed by atoms with Crippen LogP contribution in [0.1, 0.15) is 12.0 Å². The minimum Gasteiger partial charge on any atom is -0.716 e. The molecule has 1 aliphatic rings. The summed E-state index contributed by atoms with van der Waals surface area (Å²) in [5, 5.41) is 38.6. The van der Waals surface area contributed by atoms with Crippen molar-refractivity contribution in [2.45, 2.75) is 42.7 Å². The Balaban J connectivity index is 0.00000392. The van der Waals surface area contributed by atoms with Crippen molar-refractivity contribution in [1.29, 1.82) is 0 Å². The Hall–Kier alpha value is 0.386. The minimum absolute atomic E-state index is 0. The summed E-state index contributed by atoms with van der Waals surface area (Å²) in [4.78, 5) is 0. The summed E-state index contributed by atoms with van der Waals surface area (Å²) >= 11 is 0.519. The SMILES string of the molecule is O=S(=O)([O-])O/C(CCc1ccccc1)=N/S[C@@H]1O[C@H](CO)[C@@H](O)[C@H](O)[C@H]1O.[K+]. The van der Waals surface area contributed by atoms with Gasteiger partial charge in [0.1, 0.15) is 24.4 Å². The van der Waals surface area contributed by atoms with E-state index in [2.05, 4.69) is 8.58 Å². The van der Waals surface area contributed by atoms with Crippen molar-refractivity contribution in [3.63, 3.8) is 0 Å². The Morgan fingerprint density at radius 1 is 1.18 bits per heavy atom. The summed E-state index contributed by atoms with van der Waals surface area (Å²) in [6.45, 7) is -0.613. The van der Waals surface area contributed by atoms with E-state index in [0.29, 0.717) is 18.4 Å². The van der Waals surface area contributed by atoms with Crippen molar-refractivity contribution in [1.82, 2.24) is 0 Å². The maximum absolute atomic E-state index is 10.9. The summed E-state index contributed by atoms with van der Waals surface area (Å²) in [5.74, 6) is -0.407. The van der Waals surface area contributed by atoms with E-state index in [1.165, 1.54) is 0 Å². The van der Waals surface area contributed by atoms with Crippen LogP contribution < -0.4 is 51.4 Å². The van der Waals surface area contributed by atoms with Gasteiger partial charge in [0.2, 0.25) is 5.90 Å². The second kappa shape index (κ2) is 12.3. The molecule has 28 heavy (non-hydrogen) atoms. The smallest absolute Gasteiger partial charge is 0.716 e. The van der Waals surface area contributed by atoms with Gasteiger partial charge in [-0.2, -0.15) is 4.40 Å². The summed E-state index contributed by atoms with van der Waals surface area (Å²) < 4.78 is 46.1. The van der Waals surface area contributed by atoms with E-state index in [0.717, 1.165) is 5.56 Å². The van der Waals surface area contributed by atoms with Crippen LogP contribution in [0.2, 0.25) is 0 Å². The van der Waals surface area contributed by atoms with Crippen LogP contribution in [-0.4, -0.2) is 75.8 Å². The zero-order chi connectivity index (χ0) is 20.0. The average molecular weight is 462 g/mol. The number of nitrogens with zero attached hydrogens (tertiary/aromatic N) is 1. The molecule has 152 valence electrons. The van der Waals surface area contributed by atoms with E-state index >= 15 is 0 Å². The number of rotatable bonds is 7. The molecule has 1 aliphatic heterocycles. The van der Waals surface area contributed by atoms with Gasteiger partial charge in [-0.05, 0) is 12.0 Å². The molecule has 1 saturated heterocycles. The van der Waals surface area contributed by atoms with Crippen molar-refractivity contribution in [3.05, 3.63) is 35.9 Å². The van der Waals surface area contributed by atoms with Gasteiger partial charge < -0.3 is 33.9 Å². The average Bonchev–Trinajstić information content (AvgIpc) is 2.63. The largest absolute Gasteiger partial charge is 1.00 e. The van der Waals surface area contributed by atoms with Crippen LogP contribution in [-0.2, 0) is 25.7 Å². The molecule has 0 bridgehead atoms. The van der Waals surface area contributed by atoms with Crippen LogP contribution in [0.4, 0.5) is 0 Å². The van der Waals surface area contributed by atoms with Crippen LogP contribution in [0.15, 0.2) is 34.7 Å². The minimum atomic E-state index is -5.06. The first-order valence-electron chi connectivity index (χ1n) is 7.93. The number of hydrogen-bond donors (Lipinski definition) is 4. The molecule has 1 aromatic rings. The molecule has 0 amide bonds. The van der Waals surface area contributed by atoms with E-state index in [1.54, 1.807) is 24.3 Å². The first-order valence-corrected chi connectivity index (χ1v) is 10.1. The second-order valence-electron chi connectivity index (χ2n) is 5.76. The van der Waals surface area contributed by atoms with Crippen molar-refractivity contribution in [2.24, 2.45) is 4.40 Å². The first-order chi connectivity index (χ1) is 12.7. The second-order valence-corrected chi connectivity index (χ2v) is 7.61. The number of benzene rings is 1. The Kier molecular flexibility index (Phi) is 11.6. The van der Waals surface area contributed by atoms with Gasteiger partial charge in [-0.25, -0.2) is 8.42 Å². The van der Waals surface area contributed by atoms with Crippen molar-refractivity contribution < 1.29 is 93.7 Å². The van der Waals surface area contributed by atoms with Crippen LogP contribution in [0.25, 0.3) is 0 Å². The standard InChI is InChI=1S/C15H21NO9S2.K/c17-8-10-12(18)13(19)14(20)15(24-10)26-16-11(25-27(21,22)23)7-6-9-4-2-1-3-5-9;/h1-5,10,12-15,17-20H,6-8H2,(H,21,22,23);/q;+1/p-1/b16-11+;/t10-,12-,13+,14-,15+;/m1./s1. The number of aliphatic hydroxyl groups excluding tert-OH is 4. The molecule has 1 aromatic carbocycles. The molecule has 1 fully saturated rings. The number of aryl methyl sites for hydroxylation is 1. The van der Waals surface area contributed by atoms with E-state index in [4.69, 9.17) is 9.84 Å². The van der Waals surface area contributed by atoms with E-state index in [1.807, 2.05) is 6.07 Å². The maximum Gasteiger partial charge on any atom is 1.00 e. The maximum atomic E-state index is 10.9. The topological polar surface area (TPSA) is 169 Å². The molecule has 2 rings (SSSR count). The molecule has 5 atom stereocenters. The molecular weight excluding hydrogens is 441 g/mol.